The summed E-state index contributed by atoms with van der Waals surface area (Å²) in [6.45, 7) is 4.73. The number of anilines is 1. The minimum atomic E-state index is -0.942. The molecule has 3 aromatic rings. The number of benzene rings is 2. The summed E-state index contributed by atoms with van der Waals surface area (Å²) in [6, 6.07) is 14.9. The van der Waals surface area contributed by atoms with E-state index in [9.17, 15) is 18.4 Å². The van der Waals surface area contributed by atoms with Crippen LogP contribution in [0.25, 0.3) is 0 Å². The fraction of sp³-hybridized carbons (Fsp3) is 0.424. The molecule has 1 spiro atoms. The standard InChI is InChI=1S/C33H36F2N4O3/c1-3-32(27-7-6-14-36-28(27)38-29(32)40)20-22-8-10-26(11-9-22)42-16-15-39-30(41)33(12-4-5-13-33)37-21-31(39,2)23-17-24(34)19-25(35)18-23/h6-11,14,17-19,37H,3-5,12-13,15-16,20-21H2,1-2H3,(H,36,38,40)/t31-,32-/m0/s1. The van der Waals surface area contributed by atoms with Crippen molar-refractivity contribution < 1.29 is 23.1 Å². The Labute approximate surface area is 244 Å². The van der Waals surface area contributed by atoms with E-state index in [1.54, 1.807) is 11.1 Å². The van der Waals surface area contributed by atoms with Crippen LogP contribution in [0.1, 0.15) is 62.6 Å². The van der Waals surface area contributed by atoms with Crippen molar-refractivity contribution in [2.24, 2.45) is 0 Å². The molecular weight excluding hydrogens is 538 g/mol. The number of aromatic nitrogens is 1. The van der Waals surface area contributed by atoms with Gasteiger partial charge in [0.2, 0.25) is 11.8 Å². The van der Waals surface area contributed by atoms with Crippen LogP contribution in [0.3, 0.4) is 0 Å². The number of carbonyl (C=O) groups is 2. The maximum atomic E-state index is 14.2. The van der Waals surface area contributed by atoms with E-state index < -0.39 is 28.1 Å². The molecule has 1 aromatic heterocycles. The van der Waals surface area contributed by atoms with Crippen LogP contribution in [0.2, 0.25) is 0 Å². The maximum Gasteiger partial charge on any atom is 0.243 e. The monoisotopic (exact) mass is 574 g/mol. The summed E-state index contributed by atoms with van der Waals surface area (Å²) < 4.78 is 34.6. The first-order chi connectivity index (χ1) is 20.2. The number of pyridine rings is 1. The van der Waals surface area contributed by atoms with E-state index in [1.165, 1.54) is 12.1 Å². The van der Waals surface area contributed by atoms with Gasteiger partial charge in [-0.1, -0.05) is 38.0 Å². The molecule has 2 atom stereocenters. The van der Waals surface area contributed by atoms with Crippen molar-refractivity contribution in [1.82, 2.24) is 15.2 Å². The van der Waals surface area contributed by atoms with Gasteiger partial charge in [-0.25, -0.2) is 13.8 Å². The van der Waals surface area contributed by atoms with E-state index in [0.717, 1.165) is 42.9 Å². The first-order valence-corrected chi connectivity index (χ1v) is 14.7. The molecule has 0 radical (unpaired) electrons. The number of nitrogens with one attached hydrogen (secondary N) is 2. The second kappa shape index (κ2) is 10.8. The molecule has 0 unspecified atom stereocenters. The fourth-order valence-corrected chi connectivity index (χ4v) is 7.03. The van der Waals surface area contributed by atoms with Gasteiger partial charge in [-0.15, -0.1) is 0 Å². The minimum absolute atomic E-state index is 0.0408. The van der Waals surface area contributed by atoms with Gasteiger partial charge in [0, 0.05) is 24.4 Å². The zero-order valence-corrected chi connectivity index (χ0v) is 24.0. The summed E-state index contributed by atoms with van der Waals surface area (Å²) >= 11 is 0. The average molecular weight is 575 g/mol. The number of nitrogens with zero attached hydrogens (tertiary/aromatic N) is 2. The molecule has 1 saturated carbocycles. The number of fused-ring (bicyclic) bond motifs is 1. The van der Waals surface area contributed by atoms with Crippen LogP contribution in [0.5, 0.6) is 5.75 Å². The van der Waals surface area contributed by atoms with E-state index in [1.807, 2.05) is 50.2 Å². The van der Waals surface area contributed by atoms with Gasteiger partial charge in [-0.05, 0) is 74.1 Å². The second-order valence-corrected chi connectivity index (χ2v) is 12.0. The Morgan fingerprint density at radius 2 is 1.74 bits per heavy atom. The zero-order chi connectivity index (χ0) is 29.5. The van der Waals surface area contributed by atoms with Crippen molar-refractivity contribution in [1.29, 1.82) is 0 Å². The Morgan fingerprint density at radius 3 is 2.43 bits per heavy atom. The third-order valence-corrected chi connectivity index (χ3v) is 9.57. The average Bonchev–Trinajstić information content (AvgIpc) is 3.57. The normalized spacial score (nSPS) is 24.6. The van der Waals surface area contributed by atoms with Crippen molar-refractivity contribution >= 4 is 17.6 Å². The van der Waals surface area contributed by atoms with Crippen LogP contribution in [-0.2, 0) is 27.0 Å². The fourth-order valence-electron chi connectivity index (χ4n) is 7.03. The lowest BCUT2D eigenvalue weighted by atomic mass is 9.75. The van der Waals surface area contributed by atoms with Crippen molar-refractivity contribution in [2.75, 3.05) is 25.0 Å². The van der Waals surface area contributed by atoms with Gasteiger partial charge in [-0.3, -0.25) is 9.59 Å². The van der Waals surface area contributed by atoms with Gasteiger partial charge in [0.05, 0.1) is 23.0 Å². The van der Waals surface area contributed by atoms with E-state index in [4.69, 9.17) is 4.74 Å². The van der Waals surface area contributed by atoms with Crippen LogP contribution in [0, 0.1) is 11.6 Å². The summed E-state index contributed by atoms with van der Waals surface area (Å²) in [4.78, 5) is 33.0. The number of rotatable bonds is 8. The molecule has 220 valence electrons. The van der Waals surface area contributed by atoms with Crippen molar-refractivity contribution in [2.45, 2.75) is 68.9 Å². The molecule has 1 aliphatic carbocycles. The summed E-state index contributed by atoms with van der Waals surface area (Å²) in [7, 11) is 0. The number of piperazine rings is 1. The highest BCUT2D eigenvalue weighted by Gasteiger charge is 2.53. The third kappa shape index (κ3) is 4.73. The lowest BCUT2D eigenvalue weighted by Crippen LogP contribution is -2.70. The molecule has 1 saturated heterocycles. The topological polar surface area (TPSA) is 83.6 Å². The molecule has 2 N–H and O–H groups in total. The molecule has 3 aliphatic rings. The van der Waals surface area contributed by atoms with E-state index in [2.05, 4.69) is 15.6 Å². The Hall–Kier alpha value is -3.85. The molecule has 7 nitrogen and oxygen atoms in total. The smallest absolute Gasteiger partial charge is 0.243 e. The maximum absolute atomic E-state index is 14.2. The Kier molecular flexibility index (Phi) is 7.25. The van der Waals surface area contributed by atoms with Gasteiger partial charge < -0.3 is 20.3 Å². The lowest BCUT2D eigenvalue weighted by molar-refractivity contribution is -0.151. The molecule has 2 fully saturated rings. The quantitative estimate of drug-likeness (QED) is 0.385. The van der Waals surface area contributed by atoms with Crippen molar-refractivity contribution in [3.8, 4) is 5.75 Å². The zero-order valence-electron chi connectivity index (χ0n) is 24.0. The highest BCUT2D eigenvalue weighted by molar-refractivity contribution is 6.05. The van der Waals surface area contributed by atoms with E-state index >= 15 is 0 Å². The first-order valence-electron chi connectivity index (χ1n) is 14.7. The van der Waals surface area contributed by atoms with Crippen molar-refractivity contribution in [3.05, 3.63) is 89.1 Å². The van der Waals surface area contributed by atoms with Gasteiger partial charge >= 0.3 is 0 Å². The summed E-state index contributed by atoms with van der Waals surface area (Å²) in [5.41, 5.74) is 0.0737. The van der Waals surface area contributed by atoms with Gasteiger partial charge in [0.25, 0.3) is 0 Å². The third-order valence-electron chi connectivity index (χ3n) is 9.57. The molecule has 2 amide bonds. The molecule has 3 heterocycles. The molecule has 9 heteroatoms. The van der Waals surface area contributed by atoms with Crippen molar-refractivity contribution in [3.63, 3.8) is 0 Å². The molecule has 0 bridgehead atoms. The Bertz CT molecular complexity index is 1490. The molecule has 42 heavy (non-hydrogen) atoms. The number of ether oxygens (including phenoxy) is 1. The SMILES string of the molecule is CC[C@@]1(Cc2ccc(OCCN3C(=O)C4(CCCC4)NC[C@@]3(C)c3cc(F)cc(F)c3)cc2)C(=O)Nc2ncccc21. The van der Waals surface area contributed by atoms with Gasteiger partial charge in [-0.2, -0.15) is 0 Å². The summed E-state index contributed by atoms with van der Waals surface area (Å²) in [5, 5.41) is 6.38. The van der Waals surface area contributed by atoms with E-state index in [-0.39, 0.29) is 25.0 Å². The highest BCUT2D eigenvalue weighted by atomic mass is 19.1. The van der Waals surface area contributed by atoms with E-state index in [0.29, 0.717) is 36.5 Å². The molecular formula is C33H36F2N4O3. The largest absolute Gasteiger partial charge is 0.492 e. The van der Waals surface area contributed by atoms with Crippen LogP contribution in [0.4, 0.5) is 14.6 Å². The minimum Gasteiger partial charge on any atom is -0.492 e. The van der Waals surface area contributed by atoms with Crippen LogP contribution < -0.4 is 15.4 Å². The summed E-state index contributed by atoms with van der Waals surface area (Å²) in [6.07, 6.45) is 6.27. The first kappa shape index (κ1) is 28.3. The highest BCUT2D eigenvalue weighted by Crippen LogP contribution is 2.42. The number of hydrogen-bond acceptors (Lipinski definition) is 5. The van der Waals surface area contributed by atoms with Crippen LogP contribution in [0.15, 0.2) is 60.8 Å². The van der Waals surface area contributed by atoms with Gasteiger partial charge in [0.15, 0.2) is 0 Å². The van der Waals surface area contributed by atoms with Crippen LogP contribution in [-0.4, -0.2) is 46.9 Å². The molecule has 2 aliphatic heterocycles. The second-order valence-electron chi connectivity index (χ2n) is 12.0. The Balaban J connectivity index is 1.17. The van der Waals surface area contributed by atoms with Gasteiger partial charge in [0.1, 0.15) is 29.8 Å². The summed E-state index contributed by atoms with van der Waals surface area (Å²) in [5.74, 6) is -0.169. The number of halogens is 2. The molecule has 6 rings (SSSR count). The predicted octanol–water partition coefficient (Wildman–Crippen LogP) is 5.24. The molecule has 2 aromatic carbocycles. The number of hydrogen-bond donors (Lipinski definition) is 2. The Morgan fingerprint density at radius 1 is 1.02 bits per heavy atom. The predicted molar refractivity (Wildman–Crippen MR) is 155 cm³/mol. The van der Waals surface area contributed by atoms with Crippen LogP contribution >= 0.6 is 0 Å². The number of amides is 2. The lowest BCUT2D eigenvalue weighted by Gasteiger charge is -2.52. The number of carbonyl (C=O) groups excluding carboxylic acids is 2.